The lowest BCUT2D eigenvalue weighted by atomic mass is 10.1. The highest BCUT2D eigenvalue weighted by Crippen LogP contribution is 2.34. The summed E-state index contributed by atoms with van der Waals surface area (Å²) in [6.07, 6.45) is 6.87. The Morgan fingerprint density at radius 3 is 2.71 bits per heavy atom. The van der Waals surface area contributed by atoms with E-state index in [0.29, 0.717) is 0 Å². The third-order valence-electron chi connectivity index (χ3n) is 3.47. The standard InChI is InChI=1S/C17H15N3S/c1-3-12(9-18)16-11(2)8-15-17(20-16)14(10-21-15)13-4-6-19-7-5-13/h3-10,18H,1-2H3/b12-3+,18-9?. The summed E-state index contributed by atoms with van der Waals surface area (Å²) in [5.41, 5.74) is 6.07. The quantitative estimate of drug-likeness (QED) is 0.710. The smallest absolute Gasteiger partial charge is 0.0895 e. The van der Waals surface area contributed by atoms with Crippen molar-refractivity contribution in [1.29, 1.82) is 5.41 Å². The number of fused-ring (bicyclic) bond motifs is 1. The van der Waals surface area contributed by atoms with Gasteiger partial charge >= 0.3 is 0 Å². The third-order valence-corrected chi connectivity index (χ3v) is 4.39. The Kier molecular flexibility index (Phi) is 3.62. The fourth-order valence-electron chi connectivity index (χ4n) is 2.37. The van der Waals surface area contributed by atoms with E-state index in [1.165, 1.54) is 10.9 Å². The van der Waals surface area contributed by atoms with Crippen LogP contribution in [0.25, 0.3) is 26.9 Å². The third kappa shape index (κ3) is 2.38. The molecule has 0 aliphatic rings. The van der Waals surface area contributed by atoms with Gasteiger partial charge in [-0.15, -0.1) is 11.3 Å². The van der Waals surface area contributed by atoms with Gasteiger partial charge in [-0.3, -0.25) is 4.98 Å². The lowest BCUT2D eigenvalue weighted by Crippen LogP contribution is -1.95. The Morgan fingerprint density at radius 2 is 2.05 bits per heavy atom. The lowest BCUT2D eigenvalue weighted by Gasteiger charge is -2.06. The summed E-state index contributed by atoms with van der Waals surface area (Å²) in [5.74, 6) is 0. The molecular weight excluding hydrogens is 278 g/mol. The molecule has 3 rings (SSSR count). The second-order valence-corrected chi connectivity index (χ2v) is 5.69. The molecule has 21 heavy (non-hydrogen) atoms. The molecule has 3 heterocycles. The minimum atomic E-state index is 0.848. The summed E-state index contributed by atoms with van der Waals surface area (Å²) < 4.78 is 1.17. The average Bonchev–Trinajstić information content (AvgIpc) is 2.92. The molecule has 0 atom stereocenters. The van der Waals surface area contributed by atoms with Crippen molar-refractivity contribution in [3.8, 4) is 11.1 Å². The highest BCUT2D eigenvalue weighted by Gasteiger charge is 2.12. The number of hydrogen-bond acceptors (Lipinski definition) is 4. The van der Waals surface area contributed by atoms with Crippen LogP contribution in [0.4, 0.5) is 0 Å². The van der Waals surface area contributed by atoms with Gasteiger partial charge in [0.25, 0.3) is 0 Å². The van der Waals surface area contributed by atoms with Crippen molar-refractivity contribution in [2.45, 2.75) is 13.8 Å². The molecule has 0 spiro atoms. The van der Waals surface area contributed by atoms with E-state index in [9.17, 15) is 0 Å². The van der Waals surface area contributed by atoms with Crippen molar-refractivity contribution in [3.05, 3.63) is 53.3 Å². The highest BCUT2D eigenvalue weighted by atomic mass is 32.1. The second-order valence-electron chi connectivity index (χ2n) is 4.77. The van der Waals surface area contributed by atoms with Gasteiger partial charge in [-0.1, -0.05) is 6.08 Å². The molecule has 3 aromatic heterocycles. The van der Waals surface area contributed by atoms with Gasteiger partial charge in [-0.2, -0.15) is 0 Å². The van der Waals surface area contributed by atoms with Crippen LogP contribution in [0.1, 0.15) is 18.2 Å². The molecule has 0 aliphatic heterocycles. The number of nitrogens with one attached hydrogen (secondary N) is 1. The number of pyridine rings is 2. The summed E-state index contributed by atoms with van der Waals surface area (Å²) in [6.45, 7) is 3.98. The van der Waals surface area contributed by atoms with Crippen molar-refractivity contribution >= 4 is 33.3 Å². The fraction of sp³-hybridized carbons (Fsp3) is 0.118. The van der Waals surface area contributed by atoms with E-state index in [1.54, 1.807) is 23.7 Å². The number of aromatic nitrogens is 2. The summed E-state index contributed by atoms with van der Waals surface area (Å²) >= 11 is 1.70. The van der Waals surface area contributed by atoms with Crippen LogP contribution >= 0.6 is 11.3 Å². The van der Waals surface area contributed by atoms with E-state index in [1.807, 2.05) is 32.1 Å². The minimum absolute atomic E-state index is 0.848. The second kappa shape index (κ2) is 5.58. The topological polar surface area (TPSA) is 49.6 Å². The highest BCUT2D eigenvalue weighted by molar-refractivity contribution is 7.17. The molecule has 0 aliphatic carbocycles. The molecule has 0 saturated carbocycles. The van der Waals surface area contributed by atoms with E-state index in [2.05, 4.69) is 16.4 Å². The van der Waals surface area contributed by atoms with Gasteiger partial charge in [0.2, 0.25) is 0 Å². The number of aryl methyl sites for hydroxylation is 1. The van der Waals surface area contributed by atoms with Crippen LogP contribution in [0.2, 0.25) is 0 Å². The molecule has 4 heteroatoms. The van der Waals surface area contributed by atoms with Crippen molar-refractivity contribution in [3.63, 3.8) is 0 Å². The summed E-state index contributed by atoms with van der Waals surface area (Å²) in [4.78, 5) is 8.89. The SMILES string of the molecule is C/C=C(\C=N)c1nc2c(-c3ccncc3)csc2cc1C. The Morgan fingerprint density at radius 1 is 1.29 bits per heavy atom. The molecule has 104 valence electrons. The van der Waals surface area contributed by atoms with Gasteiger partial charge < -0.3 is 5.41 Å². The Balaban J connectivity index is 2.26. The molecule has 1 N–H and O–H groups in total. The van der Waals surface area contributed by atoms with Gasteiger partial charge in [-0.25, -0.2) is 4.98 Å². The predicted octanol–water partition coefficient (Wildman–Crippen LogP) is 4.72. The zero-order chi connectivity index (χ0) is 14.8. The first kappa shape index (κ1) is 13.6. The van der Waals surface area contributed by atoms with E-state index < -0.39 is 0 Å². The normalized spacial score (nSPS) is 11.8. The van der Waals surface area contributed by atoms with Crippen LogP contribution in [-0.2, 0) is 0 Å². The van der Waals surface area contributed by atoms with Crippen LogP contribution in [0.15, 0.2) is 42.0 Å². The van der Waals surface area contributed by atoms with E-state index in [0.717, 1.165) is 33.5 Å². The maximum atomic E-state index is 7.54. The predicted molar refractivity (Wildman–Crippen MR) is 90.0 cm³/mol. The summed E-state index contributed by atoms with van der Waals surface area (Å²) in [6, 6.07) is 6.14. The number of allylic oxidation sites excluding steroid dienone is 2. The van der Waals surface area contributed by atoms with E-state index in [-0.39, 0.29) is 0 Å². The van der Waals surface area contributed by atoms with Crippen LogP contribution in [-0.4, -0.2) is 16.2 Å². The molecule has 0 amide bonds. The molecule has 3 nitrogen and oxygen atoms in total. The molecule has 0 bridgehead atoms. The van der Waals surface area contributed by atoms with Gasteiger partial charge in [-0.05, 0) is 43.2 Å². The van der Waals surface area contributed by atoms with Crippen LogP contribution < -0.4 is 0 Å². The monoisotopic (exact) mass is 293 g/mol. The molecular formula is C17H15N3S. The van der Waals surface area contributed by atoms with Crippen LogP contribution in [0.5, 0.6) is 0 Å². The maximum absolute atomic E-state index is 7.54. The van der Waals surface area contributed by atoms with Crippen LogP contribution in [0.3, 0.4) is 0 Å². The first-order valence-corrected chi connectivity index (χ1v) is 7.59. The maximum Gasteiger partial charge on any atom is 0.0895 e. The molecule has 0 radical (unpaired) electrons. The largest absolute Gasteiger partial charge is 0.308 e. The van der Waals surface area contributed by atoms with E-state index in [4.69, 9.17) is 10.4 Å². The zero-order valence-corrected chi connectivity index (χ0v) is 12.7. The number of rotatable bonds is 3. The van der Waals surface area contributed by atoms with Gasteiger partial charge in [0.1, 0.15) is 0 Å². The van der Waals surface area contributed by atoms with Crippen molar-refractivity contribution in [2.24, 2.45) is 0 Å². The average molecular weight is 293 g/mol. The molecule has 0 fully saturated rings. The molecule has 0 saturated heterocycles. The summed E-state index contributed by atoms with van der Waals surface area (Å²) in [7, 11) is 0. The number of hydrogen-bond donors (Lipinski definition) is 1. The molecule has 0 unspecified atom stereocenters. The summed E-state index contributed by atoms with van der Waals surface area (Å²) in [5, 5.41) is 9.68. The minimum Gasteiger partial charge on any atom is -0.308 e. The first-order valence-electron chi connectivity index (χ1n) is 6.71. The van der Waals surface area contributed by atoms with Gasteiger partial charge in [0.15, 0.2) is 0 Å². The first-order chi connectivity index (χ1) is 10.2. The lowest BCUT2D eigenvalue weighted by molar-refractivity contribution is 1.29. The molecule has 3 aromatic rings. The fourth-order valence-corrected chi connectivity index (χ4v) is 3.37. The number of thiophene rings is 1. The van der Waals surface area contributed by atoms with Crippen molar-refractivity contribution in [2.75, 3.05) is 0 Å². The Hall–Kier alpha value is -2.33. The number of nitrogens with zero attached hydrogens (tertiary/aromatic N) is 2. The van der Waals surface area contributed by atoms with Crippen LogP contribution in [0, 0.1) is 12.3 Å². The Labute approximate surface area is 127 Å². The van der Waals surface area contributed by atoms with Crippen molar-refractivity contribution < 1.29 is 0 Å². The molecule has 0 aromatic carbocycles. The van der Waals surface area contributed by atoms with Gasteiger partial charge in [0, 0.05) is 35.1 Å². The zero-order valence-electron chi connectivity index (χ0n) is 11.9. The van der Waals surface area contributed by atoms with E-state index >= 15 is 0 Å². The van der Waals surface area contributed by atoms with Crippen molar-refractivity contribution in [1.82, 2.24) is 9.97 Å². The van der Waals surface area contributed by atoms with Gasteiger partial charge in [0.05, 0.1) is 15.9 Å². The Bertz CT molecular complexity index is 832.